The van der Waals surface area contributed by atoms with Crippen molar-refractivity contribution in [2.24, 2.45) is 5.73 Å². The fourth-order valence-corrected chi connectivity index (χ4v) is 3.73. The summed E-state index contributed by atoms with van der Waals surface area (Å²) in [6, 6.07) is 15.1. The van der Waals surface area contributed by atoms with Crippen LogP contribution in [0, 0.1) is 0 Å². The molecule has 0 radical (unpaired) electrons. The Balaban J connectivity index is 1.75. The molecule has 0 saturated carbocycles. The van der Waals surface area contributed by atoms with Crippen molar-refractivity contribution in [2.45, 2.75) is 51.5 Å². The standard InChI is InChI=1S/C23H28N2O3/c1-15-13-19(22(24)27)18-7-5-6-8-20(18)25(15)21(26)14-28-17-11-9-16(10-12-17)23(2,3)4/h5-12,15,19H,13-14H2,1-4H3,(H2,24,27)/t15-,19-/m0/s1. The predicted molar refractivity (Wildman–Crippen MR) is 111 cm³/mol. The van der Waals surface area contributed by atoms with Crippen molar-refractivity contribution >= 4 is 17.5 Å². The molecule has 0 unspecified atom stereocenters. The molecule has 0 saturated heterocycles. The molecule has 5 heteroatoms. The van der Waals surface area contributed by atoms with Gasteiger partial charge in [-0.25, -0.2) is 0 Å². The van der Waals surface area contributed by atoms with Crippen LogP contribution in [0.15, 0.2) is 48.5 Å². The predicted octanol–water partition coefficient (Wildman–Crippen LogP) is 3.76. The van der Waals surface area contributed by atoms with Crippen molar-refractivity contribution in [3.05, 3.63) is 59.7 Å². The lowest BCUT2D eigenvalue weighted by Crippen LogP contribution is -2.47. The number of hydrogen-bond donors (Lipinski definition) is 1. The number of fused-ring (bicyclic) bond motifs is 1. The van der Waals surface area contributed by atoms with E-state index in [2.05, 4.69) is 20.8 Å². The van der Waals surface area contributed by atoms with Gasteiger partial charge in [-0.3, -0.25) is 9.59 Å². The second-order valence-corrected chi connectivity index (χ2v) is 8.43. The highest BCUT2D eigenvalue weighted by atomic mass is 16.5. The summed E-state index contributed by atoms with van der Waals surface area (Å²) in [5.41, 5.74) is 8.39. The van der Waals surface area contributed by atoms with Gasteiger partial charge in [0.25, 0.3) is 5.91 Å². The topological polar surface area (TPSA) is 72.6 Å². The van der Waals surface area contributed by atoms with E-state index in [4.69, 9.17) is 10.5 Å². The van der Waals surface area contributed by atoms with E-state index >= 15 is 0 Å². The number of carbonyl (C=O) groups is 2. The summed E-state index contributed by atoms with van der Waals surface area (Å²) >= 11 is 0. The first-order valence-electron chi connectivity index (χ1n) is 9.62. The zero-order valence-corrected chi connectivity index (χ0v) is 16.9. The Labute approximate surface area is 166 Å². The van der Waals surface area contributed by atoms with Crippen LogP contribution in [-0.2, 0) is 15.0 Å². The van der Waals surface area contributed by atoms with E-state index in [1.807, 2.05) is 55.5 Å². The van der Waals surface area contributed by atoms with Gasteiger partial charge in [0.15, 0.2) is 6.61 Å². The largest absolute Gasteiger partial charge is 0.484 e. The molecule has 2 aromatic carbocycles. The van der Waals surface area contributed by atoms with Gasteiger partial charge in [0, 0.05) is 11.7 Å². The number of primary amides is 1. The van der Waals surface area contributed by atoms with E-state index in [9.17, 15) is 9.59 Å². The third-order valence-electron chi connectivity index (χ3n) is 5.28. The lowest BCUT2D eigenvalue weighted by atomic mass is 9.85. The summed E-state index contributed by atoms with van der Waals surface area (Å²) in [5, 5.41) is 0. The number of nitrogens with two attached hydrogens (primary N) is 1. The van der Waals surface area contributed by atoms with Crippen LogP contribution in [0.4, 0.5) is 5.69 Å². The highest BCUT2D eigenvalue weighted by molar-refractivity contribution is 5.98. The highest BCUT2D eigenvalue weighted by Gasteiger charge is 2.36. The third-order valence-corrected chi connectivity index (χ3v) is 5.28. The summed E-state index contributed by atoms with van der Waals surface area (Å²) < 4.78 is 5.74. The molecule has 2 N–H and O–H groups in total. The first kappa shape index (κ1) is 19.9. The monoisotopic (exact) mass is 380 g/mol. The molecule has 1 heterocycles. The van der Waals surface area contributed by atoms with E-state index < -0.39 is 0 Å². The van der Waals surface area contributed by atoms with Gasteiger partial charge in [-0.15, -0.1) is 0 Å². The van der Waals surface area contributed by atoms with Gasteiger partial charge in [-0.2, -0.15) is 0 Å². The van der Waals surface area contributed by atoms with E-state index in [1.54, 1.807) is 4.90 Å². The maximum absolute atomic E-state index is 12.9. The Kier molecular flexibility index (Phi) is 5.45. The van der Waals surface area contributed by atoms with Crippen LogP contribution in [-0.4, -0.2) is 24.5 Å². The summed E-state index contributed by atoms with van der Waals surface area (Å²) in [5.74, 6) is -0.209. The molecular weight excluding hydrogens is 352 g/mol. The number of ether oxygens (including phenoxy) is 1. The van der Waals surface area contributed by atoms with Crippen molar-refractivity contribution in [1.82, 2.24) is 0 Å². The average molecular weight is 380 g/mol. The van der Waals surface area contributed by atoms with Crippen LogP contribution >= 0.6 is 0 Å². The van der Waals surface area contributed by atoms with Crippen LogP contribution < -0.4 is 15.4 Å². The number of carbonyl (C=O) groups excluding carboxylic acids is 2. The van der Waals surface area contributed by atoms with Gasteiger partial charge in [-0.05, 0) is 48.1 Å². The molecule has 5 nitrogen and oxygen atoms in total. The van der Waals surface area contributed by atoms with E-state index in [0.717, 1.165) is 11.3 Å². The molecule has 0 aromatic heterocycles. The number of para-hydroxylation sites is 1. The first-order valence-corrected chi connectivity index (χ1v) is 9.62. The van der Waals surface area contributed by atoms with Gasteiger partial charge < -0.3 is 15.4 Å². The van der Waals surface area contributed by atoms with E-state index in [-0.39, 0.29) is 35.8 Å². The molecule has 2 amide bonds. The molecule has 0 aliphatic carbocycles. The van der Waals surface area contributed by atoms with Gasteiger partial charge in [0.1, 0.15) is 5.75 Å². The zero-order chi connectivity index (χ0) is 20.5. The Bertz CT molecular complexity index is 868. The first-order chi connectivity index (χ1) is 13.2. The Morgan fingerprint density at radius 2 is 1.75 bits per heavy atom. The minimum atomic E-state index is -0.374. The minimum absolute atomic E-state index is 0.0607. The SMILES string of the molecule is C[C@H]1C[C@H](C(N)=O)c2ccccc2N1C(=O)COc1ccc(C(C)(C)C)cc1. The molecule has 3 rings (SSSR count). The summed E-state index contributed by atoms with van der Waals surface area (Å²) in [4.78, 5) is 26.5. The maximum Gasteiger partial charge on any atom is 0.265 e. The number of nitrogens with zero attached hydrogens (tertiary/aromatic N) is 1. The van der Waals surface area contributed by atoms with Crippen LogP contribution in [0.1, 0.15) is 51.2 Å². The minimum Gasteiger partial charge on any atom is -0.484 e. The van der Waals surface area contributed by atoms with Crippen molar-refractivity contribution in [3.63, 3.8) is 0 Å². The molecule has 0 spiro atoms. The lowest BCUT2D eigenvalue weighted by Gasteiger charge is -2.38. The fourth-order valence-electron chi connectivity index (χ4n) is 3.73. The quantitative estimate of drug-likeness (QED) is 0.878. The number of rotatable bonds is 4. The number of anilines is 1. The second kappa shape index (κ2) is 7.66. The Morgan fingerprint density at radius 1 is 1.11 bits per heavy atom. The zero-order valence-electron chi connectivity index (χ0n) is 16.9. The highest BCUT2D eigenvalue weighted by Crippen LogP contribution is 2.38. The normalized spacial score (nSPS) is 19.1. The number of amides is 2. The van der Waals surface area contributed by atoms with E-state index in [0.29, 0.717) is 12.2 Å². The van der Waals surface area contributed by atoms with Gasteiger partial charge in [0.05, 0.1) is 5.92 Å². The third kappa shape index (κ3) is 4.03. The number of benzene rings is 2. The molecule has 0 bridgehead atoms. The summed E-state index contributed by atoms with van der Waals surface area (Å²) in [7, 11) is 0. The van der Waals surface area contributed by atoms with Crippen LogP contribution in [0.5, 0.6) is 5.75 Å². The molecule has 2 atom stereocenters. The molecule has 148 valence electrons. The average Bonchev–Trinajstić information content (AvgIpc) is 2.65. The van der Waals surface area contributed by atoms with Crippen LogP contribution in [0.2, 0.25) is 0 Å². The molecule has 1 aliphatic heterocycles. The van der Waals surface area contributed by atoms with Gasteiger partial charge in [0.2, 0.25) is 5.91 Å². The molecule has 0 fully saturated rings. The van der Waals surface area contributed by atoms with Crippen molar-refractivity contribution in [3.8, 4) is 5.75 Å². The smallest absolute Gasteiger partial charge is 0.265 e. The van der Waals surface area contributed by atoms with Gasteiger partial charge in [-0.1, -0.05) is 51.1 Å². The summed E-state index contributed by atoms with van der Waals surface area (Å²) in [6.07, 6.45) is 0.512. The Morgan fingerprint density at radius 3 is 2.36 bits per heavy atom. The van der Waals surface area contributed by atoms with Crippen molar-refractivity contribution in [2.75, 3.05) is 11.5 Å². The van der Waals surface area contributed by atoms with Crippen molar-refractivity contribution < 1.29 is 14.3 Å². The molecular formula is C23H28N2O3. The maximum atomic E-state index is 12.9. The molecule has 1 aliphatic rings. The molecule has 28 heavy (non-hydrogen) atoms. The van der Waals surface area contributed by atoms with Gasteiger partial charge >= 0.3 is 0 Å². The summed E-state index contributed by atoms with van der Waals surface area (Å²) in [6.45, 7) is 8.33. The van der Waals surface area contributed by atoms with E-state index in [1.165, 1.54) is 5.56 Å². The number of hydrogen-bond acceptors (Lipinski definition) is 3. The lowest BCUT2D eigenvalue weighted by molar-refractivity contribution is -0.122. The molecule has 2 aromatic rings. The van der Waals surface area contributed by atoms with Crippen molar-refractivity contribution in [1.29, 1.82) is 0 Å². The van der Waals surface area contributed by atoms with Crippen LogP contribution in [0.3, 0.4) is 0 Å². The fraction of sp³-hybridized carbons (Fsp3) is 0.391. The second-order valence-electron chi connectivity index (χ2n) is 8.43. The van der Waals surface area contributed by atoms with Crippen LogP contribution in [0.25, 0.3) is 0 Å². The Hall–Kier alpha value is -2.82.